The van der Waals surface area contributed by atoms with Crippen molar-refractivity contribution in [3.8, 4) is 0 Å². The zero-order valence-corrected chi connectivity index (χ0v) is 14.8. The second-order valence-electron chi connectivity index (χ2n) is 6.09. The molecular weight excluding hydrogens is 356 g/mol. The molecule has 0 spiro atoms. The Bertz CT molecular complexity index is 806. The van der Waals surface area contributed by atoms with Crippen molar-refractivity contribution < 1.29 is 18.4 Å². The van der Waals surface area contributed by atoms with Gasteiger partial charge in [-0.25, -0.2) is 18.7 Å². The maximum atomic E-state index is 14.0. The summed E-state index contributed by atoms with van der Waals surface area (Å²) >= 11 is 0. The van der Waals surface area contributed by atoms with Gasteiger partial charge in [-0.1, -0.05) is 6.07 Å². The molecule has 1 aromatic carbocycles. The second-order valence-corrected chi connectivity index (χ2v) is 6.09. The number of carbonyl (C=O) groups excluding carboxylic acids is 2. The molecule has 0 unspecified atom stereocenters. The van der Waals surface area contributed by atoms with Gasteiger partial charge in [0.15, 0.2) is 0 Å². The van der Waals surface area contributed by atoms with E-state index in [0.29, 0.717) is 32.1 Å². The van der Waals surface area contributed by atoms with Gasteiger partial charge in [0.05, 0.1) is 0 Å². The van der Waals surface area contributed by atoms with Gasteiger partial charge in [0.25, 0.3) is 0 Å². The number of aromatic nitrogens is 2. The third-order valence-electron chi connectivity index (χ3n) is 4.35. The van der Waals surface area contributed by atoms with E-state index in [2.05, 4.69) is 9.97 Å². The van der Waals surface area contributed by atoms with E-state index in [4.69, 9.17) is 0 Å². The van der Waals surface area contributed by atoms with Gasteiger partial charge >= 0.3 is 0 Å². The summed E-state index contributed by atoms with van der Waals surface area (Å²) in [6.07, 6.45) is 3.29. The number of para-hydroxylation sites is 1. The van der Waals surface area contributed by atoms with Crippen molar-refractivity contribution in [3.05, 3.63) is 48.3 Å². The molecule has 0 bridgehead atoms. The zero-order valence-electron chi connectivity index (χ0n) is 14.8. The normalized spacial score (nSPS) is 14.2. The summed E-state index contributed by atoms with van der Waals surface area (Å²) < 4.78 is 28.0. The van der Waals surface area contributed by atoms with Crippen molar-refractivity contribution in [2.24, 2.45) is 0 Å². The van der Waals surface area contributed by atoms with E-state index in [1.165, 1.54) is 13.0 Å². The van der Waals surface area contributed by atoms with Crippen LogP contribution in [0.4, 0.5) is 20.4 Å². The summed E-state index contributed by atoms with van der Waals surface area (Å²) in [4.78, 5) is 37.2. The summed E-state index contributed by atoms with van der Waals surface area (Å²) in [5.74, 6) is -2.17. The summed E-state index contributed by atoms with van der Waals surface area (Å²) in [7, 11) is 0. The standard InChI is InChI=1S/C18H19F2N5O2/c1-13(26)25(17-14(19)4-2-5-15(17)20)12-16(27)23-8-10-24(11-9-23)18-21-6-3-7-22-18/h2-7H,8-12H2,1H3. The highest BCUT2D eigenvalue weighted by Crippen LogP contribution is 2.23. The quantitative estimate of drug-likeness (QED) is 0.809. The van der Waals surface area contributed by atoms with E-state index >= 15 is 0 Å². The number of carbonyl (C=O) groups is 2. The SMILES string of the molecule is CC(=O)N(CC(=O)N1CCN(c2ncccn2)CC1)c1c(F)cccc1F. The zero-order chi connectivity index (χ0) is 19.4. The molecule has 2 amide bonds. The number of halogens is 2. The topological polar surface area (TPSA) is 69.6 Å². The van der Waals surface area contributed by atoms with Gasteiger partial charge in [-0.05, 0) is 18.2 Å². The first-order valence-electron chi connectivity index (χ1n) is 8.49. The Labute approximate surface area is 155 Å². The van der Waals surface area contributed by atoms with Crippen LogP contribution in [0.1, 0.15) is 6.92 Å². The first-order chi connectivity index (χ1) is 13.0. The molecule has 1 saturated heterocycles. The van der Waals surface area contributed by atoms with Crippen LogP contribution in [0.2, 0.25) is 0 Å². The second kappa shape index (κ2) is 8.07. The molecule has 2 heterocycles. The van der Waals surface area contributed by atoms with Gasteiger partial charge in [0.1, 0.15) is 23.9 Å². The molecule has 27 heavy (non-hydrogen) atoms. The fraction of sp³-hybridized carbons (Fsp3) is 0.333. The minimum absolute atomic E-state index is 0.374. The van der Waals surface area contributed by atoms with Gasteiger partial charge in [0, 0.05) is 45.5 Å². The lowest BCUT2D eigenvalue weighted by Crippen LogP contribution is -2.52. The molecule has 3 rings (SSSR count). The van der Waals surface area contributed by atoms with Crippen molar-refractivity contribution in [3.63, 3.8) is 0 Å². The minimum atomic E-state index is -0.885. The number of nitrogens with zero attached hydrogens (tertiary/aromatic N) is 5. The number of hydrogen-bond donors (Lipinski definition) is 0. The van der Waals surface area contributed by atoms with Crippen LogP contribution in [-0.2, 0) is 9.59 Å². The average molecular weight is 375 g/mol. The Morgan fingerprint density at radius 1 is 1.04 bits per heavy atom. The Balaban J connectivity index is 1.66. The smallest absolute Gasteiger partial charge is 0.242 e. The molecule has 0 atom stereocenters. The molecule has 1 aliphatic heterocycles. The lowest BCUT2D eigenvalue weighted by Gasteiger charge is -2.35. The largest absolute Gasteiger partial charge is 0.338 e. The maximum Gasteiger partial charge on any atom is 0.242 e. The van der Waals surface area contributed by atoms with Gasteiger partial charge < -0.3 is 9.80 Å². The highest BCUT2D eigenvalue weighted by molar-refractivity contribution is 5.97. The predicted molar refractivity (Wildman–Crippen MR) is 95.2 cm³/mol. The molecule has 1 aliphatic rings. The summed E-state index contributed by atoms with van der Waals surface area (Å²) in [5, 5.41) is 0. The van der Waals surface area contributed by atoms with E-state index in [-0.39, 0.29) is 5.91 Å². The Kier molecular flexibility index (Phi) is 5.58. The molecule has 9 heteroatoms. The van der Waals surface area contributed by atoms with Gasteiger partial charge in [-0.15, -0.1) is 0 Å². The van der Waals surface area contributed by atoms with Crippen LogP contribution in [0.25, 0.3) is 0 Å². The van der Waals surface area contributed by atoms with E-state index < -0.39 is 29.8 Å². The summed E-state index contributed by atoms with van der Waals surface area (Å²) in [6, 6.07) is 5.04. The molecule has 0 aliphatic carbocycles. The average Bonchev–Trinajstić information content (AvgIpc) is 2.67. The first kappa shape index (κ1) is 18.7. The fourth-order valence-corrected chi connectivity index (χ4v) is 2.94. The van der Waals surface area contributed by atoms with Crippen molar-refractivity contribution in [1.82, 2.24) is 14.9 Å². The molecule has 2 aromatic rings. The van der Waals surface area contributed by atoms with Gasteiger partial charge in [0.2, 0.25) is 17.8 Å². The van der Waals surface area contributed by atoms with Gasteiger partial charge in [-0.3, -0.25) is 14.5 Å². The highest BCUT2D eigenvalue weighted by Gasteiger charge is 2.27. The summed E-state index contributed by atoms with van der Waals surface area (Å²) in [6.45, 7) is 2.62. The minimum Gasteiger partial charge on any atom is -0.338 e. The third kappa shape index (κ3) is 4.18. The van der Waals surface area contributed by atoms with E-state index in [9.17, 15) is 18.4 Å². The van der Waals surface area contributed by atoms with Crippen molar-refractivity contribution in [2.75, 3.05) is 42.5 Å². The molecule has 142 valence electrons. The Morgan fingerprint density at radius 2 is 1.63 bits per heavy atom. The number of anilines is 2. The lowest BCUT2D eigenvalue weighted by molar-refractivity contribution is -0.131. The monoisotopic (exact) mass is 375 g/mol. The van der Waals surface area contributed by atoms with Crippen LogP contribution >= 0.6 is 0 Å². The number of amides is 2. The Morgan fingerprint density at radius 3 is 2.19 bits per heavy atom. The summed E-state index contributed by atoms with van der Waals surface area (Å²) in [5.41, 5.74) is -0.505. The van der Waals surface area contributed by atoms with Crippen LogP contribution in [-0.4, -0.2) is 59.4 Å². The molecule has 7 nitrogen and oxygen atoms in total. The predicted octanol–water partition coefficient (Wildman–Crippen LogP) is 1.46. The van der Waals surface area contributed by atoms with Crippen molar-refractivity contribution >= 4 is 23.5 Å². The Hall–Kier alpha value is -3.10. The number of hydrogen-bond acceptors (Lipinski definition) is 5. The van der Waals surface area contributed by atoms with Crippen LogP contribution in [0, 0.1) is 11.6 Å². The van der Waals surface area contributed by atoms with Crippen LogP contribution < -0.4 is 9.80 Å². The van der Waals surface area contributed by atoms with Crippen LogP contribution in [0.5, 0.6) is 0 Å². The maximum absolute atomic E-state index is 14.0. The molecule has 1 aromatic heterocycles. The van der Waals surface area contributed by atoms with E-state index in [1.54, 1.807) is 23.4 Å². The number of piperazine rings is 1. The van der Waals surface area contributed by atoms with Crippen molar-refractivity contribution in [2.45, 2.75) is 6.92 Å². The third-order valence-corrected chi connectivity index (χ3v) is 4.35. The van der Waals surface area contributed by atoms with E-state index in [0.717, 1.165) is 17.0 Å². The lowest BCUT2D eigenvalue weighted by atomic mass is 10.2. The molecule has 1 fully saturated rings. The molecule has 0 N–H and O–H groups in total. The molecule has 0 saturated carbocycles. The van der Waals surface area contributed by atoms with Crippen LogP contribution in [0.15, 0.2) is 36.7 Å². The molecular formula is C18H19F2N5O2. The molecule has 0 radical (unpaired) electrons. The van der Waals surface area contributed by atoms with E-state index in [1.807, 2.05) is 4.90 Å². The number of rotatable bonds is 4. The van der Waals surface area contributed by atoms with Gasteiger partial charge in [-0.2, -0.15) is 0 Å². The fourth-order valence-electron chi connectivity index (χ4n) is 2.94. The van der Waals surface area contributed by atoms with Crippen molar-refractivity contribution in [1.29, 1.82) is 0 Å². The van der Waals surface area contributed by atoms with Crippen LogP contribution in [0.3, 0.4) is 0 Å². The number of benzene rings is 1. The highest BCUT2D eigenvalue weighted by atomic mass is 19.1. The first-order valence-corrected chi connectivity index (χ1v) is 8.49.